The van der Waals surface area contributed by atoms with Gasteiger partial charge in [0.05, 0.1) is 0 Å². The van der Waals surface area contributed by atoms with Crippen molar-refractivity contribution < 1.29 is 1.43 Å². The zero-order valence-electron chi connectivity index (χ0n) is 8.35. The van der Waals surface area contributed by atoms with E-state index in [1.54, 1.807) is 7.05 Å². The lowest BCUT2D eigenvalue weighted by molar-refractivity contribution is 0.772. The summed E-state index contributed by atoms with van der Waals surface area (Å²) in [4.78, 5) is 3.80. The van der Waals surface area contributed by atoms with Crippen molar-refractivity contribution in [3.63, 3.8) is 0 Å². The van der Waals surface area contributed by atoms with Crippen LogP contribution in [0, 0.1) is 0 Å². The third-order valence-electron chi connectivity index (χ3n) is 1.10. The van der Waals surface area contributed by atoms with Crippen LogP contribution < -0.4 is 5.32 Å². The van der Waals surface area contributed by atoms with Gasteiger partial charge in [0.25, 0.3) is 0 Å². The Bertz CT molecular complexity index is 72.9. The van der Waals surface area contributed by atoms with Crippen LogP contribution in [-0.2, 0) is 0 Å². The summed E-state index contributed by atoms with van der Waals surface area (Å²) in [6, 6.07) is 0. The molecule has 0 spiro atoms. The predicted molar refractivity (Wildman–Crippen MR) is 55.7 cm³/mol. The molecule has 0 amide bonds. The molecule has 0 aliphatic rings. The largest absolute Gasteiger partial charge is 0.320 e. The van der Waals surface area contributed by atoms with E-state index in [1.807, 2.05) is 13.3 Å². The Labute approximate surface area is 72.6 Å². The molecule has 0 aliphatic heterocycles. The van der Waals surface area contributed by atoms with Crippen molar-refractivity contribution in [3.05, 3.63) is 0 Å². The Morgan fingerprint density at radius 1 is 1.36 bits per heavy atom. The molecule has 0 fully saturated rings. The van der Waals surface area contributed by atoms with Crippen molar-refractivity contribution in [3.8, 4) is 0 Å². The summed E-state index contributed by atoms with van der Waals surface area (Å²) >= 11 is 0. The van der Waals surface area contributed by atoms with Crippen molar-refractivity contribution >= 4 is 6.21 Å². The number of hydrogen-bond acceptors (Lipinski definition) is 2. The fraction of sp³-hybridized carbons (Fsp3) is 0.889. The van der Waals surface area contributed by atoms with E-state index < -0.39 is 0 Å². The highest BCUT2D eigenvalue weighted by atomic mass is 14.8. The van der Waals surface area contributed by atoms with Crippen LogP contribution in [0.5, 0.6) is 0 Å². The molecule has 0 rings (SSSR count). The van der Waals surface area contributed by atoms with Gasteiger partial charge in [-0.2, -0.15) is 0 Å². The molecule has 0 atom stereocenters. The number of hydrogen-bond donors (Lipinski definition) is 1. The zero-order chi connectivity index (χ0) is 8.95. The molecule has 0 unspecified atom stereocenters. The minimum Gasteiger partial charge on any atom is -0.320 e. The van der Waals surface area contributed by atoms with Crippen LogP contribution in [0.3, 0.4) is 0 Å². The van der Waals surface area contributed by atoms with E-state index in [9.17, 15) is 0 Å². The fourth-order valence-corrected chi connectivity index (χ4v) is 0.508. The molecule has 70 valence electrons. The Morgan fingerprint density at radius 3 is 2.09 bits per heavy atom. The maximum absolute atomic E-state index is 3.80. The van der Waals surface area contributed by atoms with E-state index in [4.69, 9.17) is 0 Å². The van der Waals surface area contributed by atoms with Crippen molar-refractivity contribution in [2.75, 3.05) is 20.6 Å². The van der Waals surface area contributed by atoms with Gasteiger partial charge in [0, 0.05) is 8.47 Å². The van der Waals surface area contributed by atoms with Crippen molar-refractivity contribution in [1.82, 2.24) is 5.32 Å². The predicted octanol–water partition coefficient (Wildman–Crippen LogP) is 2.35. The van der Waals surface area contributed by atoms with Gasteiger partial charge in [-0.15, -0.1) is 0 Å². The lowest BCUT2D eigenvalue weighted by Crippen LogP contribution is -2.04. The molecule has 0 aliphatic carbocycles. The molecule has 0 saturated heterocycles. The Hall–Kier alpha value is -0.370. The standard InChI is InChI=1S/C5H11N.C4H11N.H2/c1-3-4-5-6-2;1-3-4-5-2;/h5H,3-4H2,1-2H3;5H,3-4H2,1-2H3;1H. The minimum atomic E-state index is 0. The van der Waals surface area contributed by atoms with E-state index in [0.717, 1.165) is 13.0 Å². The van der Waals surface area contributed by atoms with E-state index in [2.05, 4.69) is 24.2 Å². The molecule has 2 heteroatoms. The van der Waals surface area contributed by atoms with Crippen molar-refractivity contribution in [1.29, 1.82) is 0 Å². The van der Waals surface area contributed by atoms with E-state index in [1.165, 1.54) is 12.8 Å². The Kier molecular flexibility index (Phi) is 19.6. The summed E-state index contributed by atoms with van der Waals surface area (Å²) in [5.74, 6) is 0. The first-order valence-electron chi connectivity index (χ1n) is 4.38. The number of nitrogens with one attached hydrogen (secondary N) is 1. The summed E-state index contributed by atoms with van der Waals surface area (Å²) in [6.07, 6.45) is 5.49. The second kappa shape index (κ2) is 16.3. The maximum atomic E-state index is 3.80. The summed E-state index contributed by atoms with van der Waals surface area (Å²) in [6.45, 7) is 5.43. The van der Waals surface area contributed by atoms with Gasteiger partial charge in [-0.05, 0) is 32.6 Å². The smallest absolute Gasteiger partial charge is 0.0273 e. The quantitative estimate of drug-likeness (QED) is 0.627. The third-order valence-corrected chi connectivity index (χ3v) is 1.10. The van der Waals surface area contributed by atoms with Gasteiger partial charge in [0.15, 0.2) is 0 Å². The molecular weight excluding hydrogens is 136 g/mol. The highest BCUT2D eigenvalue weighted by Crippen LogP contribution is 1.77. The van der Waals surface area contributed by atoms with Crippen LogP contribution in [0.4, 0.5) is 0 Å². The molecule has 0 aromatic carbocycles. The highest BCUT2D eigenvalue weighted by Gasteiger charge is 1.66. The van der Waals surface area contributed by atoms with Crippen molar-refractivity contribution in [2.24, 2.45) is 4.99 Å². The maximum Gasteiger partial charge on any atom is 0.0273 e. The van der Waals surface area contributed by atoms with Gasteiger partial charge in [0.2, 0.25) is 0 Å². The average molecular weight is 160 g/mol. The van der Waals surface area contributed by atoms with Gasteiger partial charge in [-0.3, -0.25) is 0 Å². The summed E-state index contributed by atoms with van der Waals surface area (Å²) in [5.41, 5.74) is 0. The molecule has 1 N–H and O–H groups in total. The monoisotopic (exact) mass is 160 g/mol. The molecule has 0 radical (unpaired) electrons. The average Bonchev–Trinajstić information content (AvgIpc) is 2.04. The normalized spacial score (nSPS) is 9.45. The van der Waals surface area contributed by atoms with Gasteiger partial charge < -0.3 is 10.3 Å². The number of unbranched alkanes of at least 4 members (excludes halogenated alkanes) is 1. The van der Waals surface area contributed by atoms with E-state index in [0.29, 0.717) is 0 Å². The fourth-order valence-electron chi connectivity index (χ4n) is 0.508. The van der Waals surface area contributed by atoms with Crippen LogP contribution in [0.15, 0.2) is 4.99 Å². The van der Waals surface area contributed by atoms with Crippen LogP contribution in [0.25, 0.3) is 0 Å². The molecule has 0 saturated carbocycles. The van der Waals surface area contributed by atoms with Crippen molar-refractivity contribution in [2.45, 2.75) is 33.1 Å². The number of rotatable bonds is 4. The first-order valence-corrected chi connectivity index (χ1v) is 4.38. The number of nitrogens with zero attached hydrogens (tertiary/aromatic N) is 1. The Morgan fingerprint density at radius 2 is 2.00 bits per heavy atom. The topological polar surface area (TPSA) is 24.4 Å². The van der Waals surface area contributed by atoms with Gasteiger partial charge in [-0.1, -0.05) is 20.3 Å². The van der Waals surface area contributed by atoms with Gasteiger partial charge in [-0.25, -0.2) is 0 Å². The SMILES string of the molecule is CCCC=NC.CCCNC.[HH]. The summed E-state index contributed by atoms with van der Waals surface area (Å²) in [5, 5.41) is 3.02. The molecule has 0 bridgehead atoms. The molecule has 2 nitrogen and oxygen atoms in total. The van der Waals surface area contributed by atoms with Crippen LogP contribution in [0.1, 0.15) is 34.5 Å². The van der Waals surface area contributed by atoms with Gasteiger partial charge in [0.1, 0.15) is 0 Å². The second-order valence-electron chi connectivity index (χ2n) is 2.33. The van der Waals surface area contributed by atoms with Crippen LogP contribution >= 0.6 is 0 Å². The molecule has 0 aromatic rings. The van der Waals surface area contributed by atoms with E-state index >= 15 is 0 Å². The molecule has 0 aromatic heterocycles. The Balaban J connectivity index is -0.000000126. The lowest BCUT2D eigenvalue weighted by Gasteiger charge is -1.84. The van der Waals surface area contributed by atoms with Gasteiger partial charge >= 0.3 is 0 Å². The molecular formula is C9H24N2. The summed E-state index contributed by atoms with van der Waals surface area (Å²) < 4.78 is 0. The highest BCUT2D eigenvalue weighted by molar-refractivity contribution is 5.56. The van der Waals surface area contributed by atoms with E-state index in [-0.39, 0.29) is 1.43 Å². The first kappa shape index (κ1) is 13.2. The summed E-state index contributed by atoms with van der Waals surface area (Å²) in [7, 11) is 3.76. The third kappa shape index (κ3) is 26.2. The lowest BCUT2D eigenvalue weighted by atomic mass is 10.4. The molecule has 11 heavy (non-hydrogen) atoms. The molecule has 0 heterocycles. The minimum absolute atomic E-state index is 0. The van der Waals surface area contributed by atoms with Crippen LogP contribution in [-0.4, -0.2) is 26.9 Å². The first-order chi connectivity index (χ1) is 5.33. The second-order valence-corrected chi connectivity index (χ2v) is 2.33. The number of aliphatic imine (C=N–C) groups is 1. The van der Waals surface area contributed by atoms with Crippen LogP contribution in [0.2, 0.25) is 0 Å². The zero-order valence-corrected chi connectivity index (χ0v) is 8.35.